The maximum Gasteiger partial charge on any atom is 0.122 e. The van der Waals surface area contributed by atoms with Crippen LogP contribution in [0.25, 0.3) is 0 Å². The van der Waals surface area contributed by atoms with Crippen LogP contribution in [0.4, 0.5) is 0 Å². The number of halogens is 1. The van der Waals surface area contributed by atoms with Gasteiger partial charge in [0.25, 0.3) is 0 Å². The van der Waals surface area contributed by atoms with E-state index in [0.717, 1.165) is 16.9 Å². The molecule has 0 bridgehead atoms. The van der Waals surface area contributed by atoms with Crippen molar-refractivity contribution in [1.82, 2.24) is 5.43 Å². The number of methoxy groups -OCH3 is 1. The van der Waals surface area contributed by atoms with Crippen molar-refractivity contribution in [3.8, 4) is 5.75 Å². The van der Waals surface area contributed by atoms with Gasteiger partial charge in [0, 0.05) is 3.57 Å². The van der Waals surface area contributed by atoms with E-state index in [-0.39, 0.29) is 6.04 Å². The zero-order valence-electron chi connectivity index (χ0n) is 11.9. The van der Waals surface area contributed by atoms with Crippen molar-refractivity contribution in [2.24, 2.45) is 5.84 Å². The van der Waals surface area contributed by atoms with Crippen LogP contribution in [0.5, 0.6) is 5.75 Å². The van der Waals surface area contributed by atoms with Gasteiger partial charge in [-0.1, -0.05) is 24.3 Å². The van der Waals surface area contributed by atoms with Gasteiger partial charge in [-0.2, -0.15) is 0 Å². The molecule has 2 rings (SSSR count). The number of benzene rings is 2. The molecule has 0 fully saturated rings. The van der Waals surface area contributed by atoms with E-state index in [4.69, 9.17) is 10.6 Å². The molecule has 0 aliphatic rings. The van der Waals surface area contributed by atoms with E-state index in [1.165, 1.54) is 14.7 Å². The molecule has 20 heavy (non-hydrogen) atoms. The molecule has 0 saturated carbocycles. The highest BCUT2D eigenvalue weighted by Gasteiger charge is 2.18. The molecule has 0 saturated heterocycles. The van der Waals surface area contributed by atoms with E-state index < -0.39 is 0 Å². The number of hydrogen-bond donors (Lipinski definition) is 2. The summed E-state index contributed by atoms with van der Waals surface area (Å²) < 4.78 is 6.57. The van der Waals surface area contributed by atoms with E-state index in [1.54, 1.807) is 7.11 Å². The van der Waals surface area contributed by atoms with Crippen LogP contribution in [0.15, 0.2) is 36.4 Å². The molecule has 1 unspecified atom stereocenters. The first kappa shape index (κ1) is 15.3. The van der Waals surface area contributed by atoms with E-state index in [0.29, 0.717) is 0 Å². The third kappa shape index (κ3) is 2.97. The minimum absolute atomic E-state index is 0.0206. The van der Waals surface area contributed by atoms with Crippen LogP contribution >= 0.6 is 22.6 Å². The molecule has 4 heteroatoms. The lowest BCUT2D eigenvalue weighted by Crippen LogP contribution is -2.30. The van der Waals surface area contributed by atoms with Gasteiger partial charge >= 0.3 is 0 Å². The SMILES string of the molecule is COc1cc(C)c(C(NN)c2ccccc2I)cc1C. The van der Waals surface area contributed by atoms with Crippen molar-refractivity contribution in [2.45, 2.75) is 19.9 Å². The number of hydrazine groups is 1. The maximum atomic E-state index is 5.81. The second kappa shape index (κ2) is 6.56. The van der Waals surface area contributed by atoms with Gasteiger partial charge in [-0.05, 0) is 70.8 Å². The fourth-order valence-electron chi connectivity index (χ4n) is 2.40. The average molecular weight is 382 g/mol. The fourth-order valence-corrected chi connectivity index (χ4v) is 3.10. The highest BCUT2D eigenvalue weighted by molar-refractivity contribution is 14.1. The number of ether oxygens (including phenoxy) is 1. The molecule has 3 nitrogen and oxygen atoms in total. The molecule has 0 amide bonds. The number of hydrogen-bond acceptors (Lipinski definition) is 3. The van der Waals surface area contributed by atoms with Crippen molar-refractivity contribution in [3.05, 3.63) is 62.2 Å². The van der Waals surface area contributed by atoms with Crippen molar-refractivity contribution in [2.75, 3.05) is 7.11 Å². The summed E-state index contributed by atoms with van der Waals surface area (Å²) in [5, 5.41) is 0. The van der Waals surface area contributed by atoms with Crippen molar-refractivity contribution >= 4 is 22.6 Å². The van der Waals surface area contributed by atoms with Crippen LogP contribution in [0.3, 0.4) is 0 Å². The molecule has 3 N–H and O–H groups in total. The molecule has 0 aliphatic heterocycles. The highest BCUT2D eigenvalue weighted by atomic mass is 127. The van der Waals surface area contributed by atoms with Crippen molar-refractivity contribution in [3.63, 3.8) is 0 Å². The van der Waals surface area contributed by atoms with Crippen molar-refractivity contribution < 1.29 is 4.74 Å². The fraction of sp³-hybridized carbons (Fsp3) is 0.250. The summed E-state index contributed by atoms with van der Waals surface area (Å²) in [6.07, 6.45) is 0. The van der Waals surface area contributed by atoms with E-state index in [2.05, 4.69) is 59.2 Å². The van der Waals surface area contributed by atoms with Gasteiger partial charge in [-0.25, -0.2) is 5.43 Å². The Morgan fingerprint density at radius 2 is 1.80 bits per heavy atom. The van der Waals surface area contributed by atoms with E-state index in [1.807, 2.05) is 19.1 Å². The summed E-state index contributed by atoms with van der Waals surface area (Å²) in [4.78, 5) is 0. The van der Waals surface area contributed by atoms with Gasteiger partial charge in [-0.3, -0.25) is 5.84 Å². The van der Waals surface area contributed by atoms with Gasteiger partial charge in [0.15, 0.2) is 0 Å². The van der Waals surface area contributed by atoms with Crippen LogP contribution in [-0.4, -0.2) is 7.11 Å². The number of rotatable bonds is 4. The van der Waals surface area contributed by atoms with Crippen LogP contribution in [0.1, 0.15) is 28.3 Å². The normalized spacial score (nSPS) is 12.2. The second-order valence-electron chi connectivity index (χ2n) is 4.80. The smallest absolute Gasteiger partial charge is 0.122 e. The van der Waals surface area contributed by atoms with Crippen LogP contribution in [-0.2, 0) is 0 Å². The molecule has 2 aromatic rings. The van der Waals surface area contributed by atoms with Crippen molar-refractivity contribution in [1.29, 1.82) is 0 Å². The monoisotopic (exact) mass is 382 g/mol. The van der Waals surface area contributed by atoms with Gasteiger partial charge < -0.3 is 4.74 Å². The largest absolute Gasteiger partial charge is 0.496 e. The van der Waals surface area contributed by atoms with E-state index >= 15 is 0 Å². The summed E-state index contributed by atoms with van der Waals surface area (Å²) in [6.45, 7) is 4.13. The Morgan fingerprint density at radius 1 is 1.10 bits per heavy atom. The predicted octanol–water partition coefficient (Wildman–Crippen LogP) is 3.47. The molecule has 106 valence electrons. The summed E-state index contributed by atoms with van der Waals surface area (Å²) in [6, 6.07) is 12.4. The Balaban J connectivity index is 2.53. The molecule has 0 radical (unpaired) electrons. The summed E-state index contributed by atoms with van der Waals surface area (Å²) in [7, 11) is 1.69. The summed E-state index contributed by atoms with van der Waals surface area (Å²) >= 11 is 2.34. The Hall–Kier alpha value is -1.11. The molecule has 1 atom stereocenters. The van der Waals surface area contributed by atoms with Gasteiger partial charge in [0.1, 0.15) is 5.75 Å². The Kier molecular flexibility index (Phi) is 5.01. The second-order valence-corrected chi connectivity index (χ2v) is 5.96. The number of nitrogens with two attached hydrogens (primary N) is 1. The molecule has 0 heterocycles. The average Bonchev–Trinajstić information content (AvgIpc) is 2.45. The number of nitrogens with one attached hydrogen (secondary N) is 1. The Labute approximate surface area is 133 Å². The van der Waals surface area contributed by atoms with Gasteiger partial charge in [-0.15, -0.1) is 0 Å². The molecular formula is C16H19IN2O. The minimum Gasteiger partial charge on any atom is -0.496 e. The van der Waals surface area contributed by atoms with E-state index in [9.17, 15) is 0 Å². The van der Waals surface area contributed by atoms with Crippen LogP contribution in [0.2, 0.25) is 0 Å². The lowest BCUT2D eigenvalue weighted by atomic mass is 9.93. The molecular weight excluding hydrogens is 363 g/mol. The highest BCUT2D eigenvalue weighted by Crippen LogP contribution is 2.31. The quantitative estimate of drug-likeness (QED) is 0.484. The topological polar surface area (TPSA) is 47.3 Å². The van der Waals surface area contributed by atoms with Gasteiger partial charge in [0.05, 0.1) is 13.2 Å². The summed E-state index contributed by atoms with van der Waals surface area (Å²) in [5.74, 6) is 6.72. The zero-order valence-corrected chi connectivity index (χ0v) is 14.1. The lowest BCUT2D eigenvalue weighted by molar-refractivity contribution is 0.411. The molecule has 0 spiro atoms. The molecule has 0 aromatic heterocycles. The maximum absolute atomic E-state index is 5.81. The van der Waals surface area contributed by atoms with Crippen LogP contribution < -0.4 is 16.0 Å². The molecule has 2 aromatic carbocycles. The van der Waals surface area contributed by atoms with Gasteiger partial charge in [0.2, 0.25) is 0 Å². The third-order valence-corrected chi connectivity index (χ3v) is 4.46. The third-order valence-electron chi connectivity index (χ3n) is 3.48. The standard InChI is InChI=1S/C16H19IN2O/c1-10-9-15(20-3)11(2)8-13(10)16(19-18)12-6-4-5-7-14(12)17/h4-9,16,19H,18H2,1-3H3. The lowest BCUT2D eigenvalue weighted by Gasteiger charge is -2.22. The Bertz CT molecular complexity index is 613. The minimum atomic E-state index is -0.0206. The Morgan fingerprint density at radius 3 is 2.40 bits per heavy atom. The first-order valence-corrected chi connectivity index (χ1v) is 7.52. The first-order chi connectivity index (χ1) is 9.58. The molecule has 0 aliphatic carbocycles. The number of aryl methyl sites for hydroxylation is 2. The first-order valence-electron chi connectivity index (χ1n) is 6.44. The van der Waals surface area contributed by atoms with Crippen LogP contribution in [0, 0.1) is 17.4 Å². The summed E-state index contributed by atoms with van der Waals surface area (Å²) in [5.41, 5.74) is 7.57. The predicted molar refractivity (Wildman–Crippen MR) is 90.8 cm³/mol. The zero-order chi connectivity index (χ0) is 14.7.